The Bertz CT molecular complexity index is 884. The van der Waals surface area contributed by atoms with Crippen LogP contribution < -0.4 is 10.2 Å². The van der Waals surface area contributed by atoms with Crippen molar-refractivity contribution < 1.29 is 23.9 Å². The van der Waals surface area contributed by atoms with Crippen molar-refractivity contribution in [2.24, 2.45) is 5.92 Å². The first-order valence-electron chi connectivity index (χ1n) is 10.9. The maximum Gasteiger partial charge on any atom is 0.354 e. The Balaban J connectivity index is 1.92. The molecule has 0 saturated carbocycles. The summed E-state index contributed by atoms with van der Waals surface area (Å²) in [4.78, 5) is 54.7. The predicted octanol–water partition coefficient (Wildman–Crippen LogP) is 2.47. The van der Waals surface area contributed by atoms with Crippen molar-refractivity contribution in [2.45, 2.75) is 65.1 Å². The number of amides is 3. The second-order valence-corrected chi connectivity index (χ2v) is 8.71. The van der Waals surface area contributed by atoms with Crippen molar-refractivity contribution >= 4 is 29.4 Å². The molecule has 0 radical (unpaired) electrons. The van der Waals surface area contributed by atoms with Gasteiger partial charge in [-0.1, -0.05) is 39.3 Å². The maximum absolute atomic E-state index is 13.4. The molecule has 1 aromatic carbocycles. The number of rotatable bonds is 8. The lowest BCUT2D eigenvalue weighted by Crippen LogP contribution is -2.69. The Labute approximate surface area is 182 Å². The van der Waals surface area contributed by atoms with Gasteiger partial charge in [0.1, 0.15) is 0 Å². The summed E-state index contributed by atoms with van der Waals surface area (Å²) in [5.41, 5.74) is -0.775. The van der Waals surface area contributed by atoms with E-state index in [-0.39, 0.29) is 43.2 Å². The summed E-state index contributed by atoms with van der Waals surface area (Å²) in [6.07, 6.45) is 1.99. The SMILES string of the molecule is CCC[C@@H](C)NC(=O)COC(=O)[C@@]12CCC(=O)N1c1ccccc1C(=O)N2CC(C)C. The van der Waals surface area contributed by atoms with Crippen molar-refractivity contribution in [3.05, 3.63) is 29.8 Å². The molecule has 0 bridgehead atoms. The summed E-state index contributed by atoms with van der Waals surface area (Å²) in [7, 11) is 0. The Kier molecular flexibility index (Phi) is 6.67. The van der Waals surface area contributed by atoms with E-state index < -0.39 is 24.1 Å². The van der Waals surface area contributed by atoms with Crippen LogP contribution in [0.25, 0.3) is 0 Å². The zero-order valence-corrected chi connectivity index (χ0v) is 18.6. The fourth-order valence-electron chi connectivity index (χ4n) is 4.43. The van der Waals surface area contributed by atoms with Crippen LogP contribution >= 0.6 is 0 Å². The number of carbonyl (C=O) groups excluding carboxylic acids is 4. The van der Waals surface area contributed by atoms with E-state index in [4.69, 9.17) is 4.74 Å². The molecule has 3 amide bonds. The van der Waals surface area contributed by atoms with Crippen molar-refractivity contribution in [1.82, 2.24) is 10.2 Å². The molecule has 3 rings (SSSR count). The fourth-order valence-corrected chi connectivity index (χ4v) is 4.43. The highest BCUT2D eigenvalue weighted by Gasteiger charge is 2.62. The third-order valence-corrected chi connectivity index (χ3v) is 5.71. The van der Waals surface area contributed by atoms with Crippen LogP contribution in [0.4, 0.5) is 5.69 Å². The monoisotopic (exact) mass is 429 g/mol. The number of ether oxygens (including phenoxy) is 1. The molecule has 2 atom stereocenters. The van der Waals surface area contributed by atoms with Gasteiger partial charge in [0, 0.05) is 25.4 Å². The number of nitrogens with zero attached hydrogens (tertiary/aromatic N) is 2. The van der Waals surface area contributed by atoms with E-state index in [0.717, 1.165) is 12.8 Å². The maximum atomic E-state index is 13.4. The second kappa shape index (κ2) is 9.08. The minimum Gasteiger partial charge on any atom is -0.452 e. The Morgan fingerprint density at radius 3 is 2.58 bits per heavy atom. The molecule has 1 aromatic rings. The zero-order valence-electron chi connectivity index (χ0n) is 18.6. The number of benzene rings is 1. The molecule has 8 heteroatoms. The number of fused-ring (bicyclic) bond motifs is 3. The van der Waals surface area contributed by atoms with Crippen LogP contribution in [0.5, 0.6) is 0 Å². The number of nitrogens with one attached hydrogen (secondary N) is 1. The van der Waals surface area contributed by atoms with E-state index in [9.17, 15) is 19.2 Å². The van der Waals surface area contributed by atoms with Gasteiger partial charge in [0.15, 0.2) is 6.61 Å². The van der Waals surface area contributed by atoms with Crippen molar-refractivity contribution in [3.8, 4) is 0 Å². The molecule has 0 spiro atoms. The lowest BCUT2D eigenvalue weighted by Gasteiger charge is -2.48. The molecule has 0 unspecified atom stereocenters. The van der Waals surface area contributed by atoms with Gasteiger partial charge >= 0.3 is 5.97 Å². The van der Waals surface area contributed by atoms with Crippen LogP contribution in [0.1, 0.15) is 63.7 Å². The number of hydrogen-bond donors (Lipinski definition) is 1. The molecule has 2 aliphatic heterocycles. The van der Waals surface area contributed by atoms with E-state index in [2.05, 4.69) is 5.32 Å². The molecule has 2 aliphatic rings. The highest BCUT2D eigenvalue weighted by atomic mass is 16.5. The van der Waals surface area contributed by atoms with Crippen molar-refractivity contribution in [1.29, 1.82) is 0 Å². The Hall–Kier alpha value is -2.90. The van der Waals surface area contributed by atoms with Gasteiger partial charge in [-0.15, -0.1) is 0 Å². The molecule has 1 N–H and O–H groups in total. The smallest absolute Gasteiger partial charge is 0.354 e. The van der Waals surface area contributed by atoms with Gasteiger partial charge in [0.2, 0.25) is 11.6 Å². The summed E-state index contributed by atoms with van der Waals surface area (Å²) in [5, 5.41) is 2.80. The molecule has 2 heterocycles. The summed E-state index contributed by atoms with van der Waals surface area (Å²) in [5.74, 6) is -1.64. The largest absolute Gasteiger partial charge is 0.452 e. The molecule has 31 heavy (non-hydrogen) atoms. The highest BCUT2D eigenvalue weighted by molar-refractivity contribution is 6.15. The molecule has 1 saturated heterocycles. The number of anilines is 1. The number of esters is 1. The fraction of sp³-hybridized carbons (Fsp3) is 0.565. The van der Waals surface area contributed by atoms with Gasteiger partial charge in [-0.3, -0.25) is 19.3 Å². The van der Waals surface area contributed by atoms with Crippen LogP contribution in [-0.4, -0.2) is 53.4 Å². The van der Waals surface area contributed by atoms with E-state index in [1.165, 1.54) is 9.80 Å². The van der Waals surface area contributed by atoms with Gasteiger partial charge in [-0.05, 0) is 31.4 Å². The molecular formula is C23H31N3O5. The first-order valence-corrected chi connectivity index (χ1v) is 10.9. The molecule has 0 aromatic heterocycles. The lowest BCUT2D eigenvalue weighted by molar-refractivity contribution is -0.160. The minimum atomic E-state index is -1.57. The van der Waals surface area contributed by atoms with Crippen LogP contribution in [0.2, 0.25) is 0 Å². The predicted molar refractivity (Wildman–Crippen MR) is 115 cm³/mol. The van der Waals surface area contributed by atoms with Crippen LogP contribution in [0, 0.1) is 5.92 Å². The normalized spacial score (nSPS) is 21.1. The molecule has 1 fully saturated rings. The van der Waals surface area contributed by atoms with E-state index in [0.29, 0.717) is 11.3 Å². The van der Waals surface area contributed by atoms with Crippen LogP contribution in [0.15, 0.2) is 24.3 Å². The third kappa shape index (κ3) is 4.16. The van der Waals surface area contributed by atoms with Crippen molar-refractivity contribution in [2.75, 3.05) is 18.1 Å². The molecule has 168 valence electrons. The van der Waals surface area contributed by atoms with Crippen LogP contribution in [-0.2, 0) is 19.1 Å². The molecule has 8 nitrogen and oxygen atoms in total. The van der Waals surface area contributed by atoms with Gasteiger partial charge in [0.25, 0.3) is 11.8 Å². The average Bonchev–Trinajstić information content (AvgIpc) is 3.07. The van der Waals surface area contributed by atoms with Gasteiger partial charge in [0.05, 0.1) is 11.3 Å². The van der Waals surface area contributed by atoms with E-state index in [1.54, 1.807) is 24.3 Å². The zero-order chi connectivity index (χ0) is 22.8. The topological polar surface area (TPSA) is 96.0 Å². The number of para-hydroxylation sites is 1. The molecule has 0 aliphatic carbocycles. The first-order chi connectivity index (χ1) is 14.7. The number of hydrogen-bond acceptors (Lipinski definition) is 5. The summed E-state index contributed by atoms with van der Waals surface area (Å²) in [6, 6.07) is 6.77. The Morgan fingerprint density at radius 1 is 1.19 bits per heavy atom. The van der Waals surface area contributed by atoms with Gasteiger partial charge < -0.3 is 15.0 Å². The lowest BCUT2D eigenvalue weighted by atomic mass is 9.95. The van der Waals surface area contributed by atoms with Crippen LogP contribution in [0.3, 0.4) is 0 Å². The quantitative estimate of drug-likeness (QED) is 0.641. The minimum absolute atomic E-state index is 0.0282. The third-order valence-electron chi connectivity index (χ3n) is 5.71. The summed E-state index contributed by atoms with van der Waals surface area (Å²) < 4.78 is 5.41. The first kappa shape index (κ1) is 22.8. The Morgan fingerprint density at radius 2 is 1.90 bits per heavy atom. The van der Waals surface area contributed by atoms with E-state index >= 15 is 0 Å². The van der Waals surface area contributed by atoms with Crippen molar-refractivity contribution in [3.63, 3.8) is 0 Å². The second-order valence-electron chi connectivity index (χ2n) is 8.71. The highest BCUT2D eigenvalue weighted by Crippen LogP contribution is 2.45. The average molecular weight is 430 g/mol. The summed E-state index contributed by atoms with van der Waals surface area (Å²) >= 11 is 0. The standard InChI is InChI=1S/C23H31N3O5/c1-5-8-16(4)24-19(27)14-31-22(30)23-12-11-20(28)26(23)18-10-7-6-9-17(18)21(29)25(23)13-15(2)3/h6-7,9-10,15-16H,5,8,11-14H2,1-4H3,(H,24,27)/t16-,23-/m1/s1. The molecular weight excluding hydrogens is 398 g/mol. The van der Waals surface area contributed by atoms with Gasteiger partial charge in [-0.25, -0.2) is 4.79 Å². The summed E-state index contributed by atoms with van der Waals surface area (Å²) in [6.45, 7) is 7.62. The van der Waals surface area contributed by atoms with Gasteiger partial charge in [-0.2, -0.15) is 0 Å². The van der Waals surface area contributed by atoms with E-state index in [1.807, 2.05) is 27.7 Å². The number of carbonyl (C=O) groups is 4.